The Hall–Kier alpha value is -2.21. The monoisotopic (exact) mass is 298 g/mol. The molecular formula is C13H9ClF2N2O2. The number of rotatable bonds is 4. The van der Waals surface area contributed by atoms with E-state index in [0.717, 1.165) is 18.2 Å². The average molecular weight is 299 g/mol. The standard InChI is InChI=1S/C13H9ClF2N2O2/c14-10-2-1-3-11(16)13(10)17-7-8-6-9(15)4-5-12(8)18(19)20/h1-6,17H,7H2. The van der Waals surface area contributed by atoms with Crippen LogP contribution in [0.3, 0.4) is 0 Å². The topological polar surface area (TPSA) is 55.2 Å². The first-order chi connectivity index (χ1) is 9.49. The highest BCUT2D eigenvalue weighted by Crippen LogP contribution is 2.27. The summed E-state index contributed by atoms with van der Waals surface area (Å²) in [5.41, 5.74) is -0.117. The maximum atomic E-state index is 13.5. The van der Waals surface area contributed by atoms with Crippen molar-refractivity contribution in [1.29, 1.82) is 0 Å². The van der Waals surface area contributed by atoms with Crippen molar-refractivity contribution in [2.75, 3.05) is 5.32 Å². The zero-order chi connectivity index (χ0) is 14.7. The lowest BCUT2D eigenvalue weighted by Crippen LogP contribution is -2.05. The molecule has 0 spiro atoms. The van der Waals surface area contributed by atoms with Crippen molar-refractivity contribution in [2.45, 2.75) is 6.54 Å². The van der Waals surface area contributed by atoms with Gasteiger partial charge in [-0.2, -0.15) is 0 Å². The predicted octanol–water partition coefficient (Wildman–Crippen LogP) is 4.14. The minimum absolute atomic E-state index is 0.0210. The third kappa shape index (κ3) is 3.03. The van der Waals surface area contributed by atoms with E-state index in [1.807, 2.05) is 0 Å². The van der Waals surface area contributed by atoms with Gasteiger partial charge < -0.3 is 5.32 Å². The van der Waals surface area contributed by atoms with Crippen LogP contribution in [0, 0.1) is 21.7 Å². The van der Waals surface area contributed by atoms with Crippen LogP contribution in [0.4, 0.5) is 20.2 Å². The fraction of sp³-hybridized carbons (Fsp3) is 0.0769. The van der Waals surface area contributed by atoms with Crippen molar-refractivity contribution in [3.05, 3.63) is 68.7 Å². The van der Waals surface area contributed by atoms with Crippen molar-refractivity contribution >= 4 is 23.0 Å². The molecule has 0 heterocycles. The molecule has 0 aliphatic carbocycles. The smallest absolute Gasteiger partial charge is 0.274 e. The van der Waals surface area contributed by atoms with Crippen LogP contribution in [0.5, 0.6) is 0 Å². The van der Waals surface area contributed by atoms with Gasteiger partial charge >= 0.3 is 0 Å². The summed E-state index contributed by atoms with van der Waals surface area (Å²) < 4.78 is 26.7. The molecule has 0 aliphatic heterocycles. The van der Waals surface area contributed by atoms with Gasteiger partial charge in [0.25, 0.3) is 5.69 Å². The van der Waals surface area contributed by atoms with E-state index >= 15 is 0 Å². The molecule has 1 N–H and O–H groups in total. The molecule has 0 radical (unpaired) electrons. The van der Waals surface area contributed by atoms with E-state index in [1.165, 1.54) is 18.2 Å². The first kappa shape index (κ1) is 14.2. The number of halogens is 3. The number of nitro benzene ring substituents is 1. The predicted molar refractivity (Wildman–Crippen MR) is 71.8 cm³/mol. The van der Waals surface area contributed by atoms with Crippen LogP contribution in [-0.2, 0) is 6.54 Å². The highest BCUT2D eigenvalue weighted by Gasteiger charge is 2.15. The fourth-order valence-electron chi connectivity index (χ4n) is 1.72. The molecule has 7 heteroatoms. The van der Waals surface area contributed by atoms with Gasteiger partial charge in [0.2, 0.25) is 0 Å². The van der Waals surface area contributed by atoms with Gasteiger partial charge in [0.1, 0.15) is 11.6 Å². The fourth-order valence-corrected chi connectivity index (χ4v) is 1.95. The van der Waals surface area contributed by atoms with Gasteiger partial charge in [0.15, 0.2) is 0 Å². The van der Waals surface area contributed by atoms with Crippen LogP contribution >= 0.6 is 11.6 Å². The highest BCUT2D eigenvalue weighted by atomic mass is 35.5. The third-order valence-electron chi connectivity index (χ3n) is 2.66. The maximum absolute atomic E-state index is 13.5. The molecule has 0 saturated heterocycles. The Kier molecular flexibility index (Phi) is 4.14. The van der Waals surface area contributed by atoms with Gasteiger partial charge in [-0.05, 0) is 24.3 Å². The Morgan fingerprint density at radius 3 is 2.65 bits per heavy atom. The highest BCUT2D eigenvalue weighted by molar-refractivity contribution is 6.33. The Labute approximate surface area is 118 Å². The van der Waals surface area contributed by atoms with Gasteiger partial charge in [0, 0.05) is 12.6 Å². The van der Waals surface area contributed by atoms with E-state index < -0.39 is 16.6 Å². The number of nitro groups is 1. The van der Waals surface area contributed by atoms with Crippen LogP contribution in [0.1, 0.15) is 5.56 Å². The second-order valence-electron chi connectivity index (χ2n) is 3.98. The van der Waals surface area contributed by atoms with Gasteiger partial charge in [-0.3, -0.25) is 10.1 Å². The molecule has 0 aliphatic rings. The lowest BCUT2D eigenvalue weighted by Gasteiger charge is -2.09. The van der Waals surface area contributed by atoms with Crippen LogP contribution in [0.25, 0.3) is 0 Å². The largest absolute Gasteiger partial charge is 0.377 e. The van der Waals surface area contributed by atoms with E-state index in [4.69, 9.17) is 11.6 Å². The second-order valence-corrected chi connectivity index (χ2v) is 4.39. The summed E-state index contributed by atoms with van der Waals surface area (Å²) >= 11 is 5.82. The molecule has 2 rings (SSSR count). The molecule has 0 saturated carbocycles. The lowest BCUT2D eigenvalue weighted by molar-refractivity contribution is -0.385. The number of para-hydroxylation sites is 1. The normalized spacial score (nSPS) is 10.3. The molecule has 0 aromatic heterocycles. The van der Waals surface area contributed by atoms with Gasteiger partial charge in [-0.1, -0.05) is 17.7 Å². The van der Waals surface area contributed by atoms with Crippen LogP contribution in [0.2, 0.25) is 5.02 Å². The Balaban J connectivity index is 2.27. The Bertz CT molecular complexity index is 645. The number of hydrogen-bond donors (Lipinski definition) is 1. The van der Waals surface area contributed by atoms with Crippen molar-refractivity contribution in [3.8, 4) is 0 Å². The van der Waals surface area contributed by atoms with Crippen molar-refractivity contribution in [2.24, 2.45) is 0 Å². The molecule has 0 atom stereocenters. The Morgan fingerprint density at radius 1 is 1.25 bits per heavy atom. The molecule has 4 nitrogen and oxygen atoms in total. The molecule has 104 valence electrons. The lowest BCUT2D eigenvalue weighted by atomic mass is 10.1. The SMILES string of the molecule is O=[N+]([O-])c1ccc(F)cc1CNc1c(F)cccc1Cl. The summed E-state index contributed by atoms with van der Waals surface area (Å²) in [6, 6.07) is 7.21. The van der Waals surface area contributed by atoms with E-state index in [2.05, 4.69) is 5.32 Å². The Morgan fingerprint density at radius 2 is 2.00 bits per heavy atom. The first-order valence-electron chi connectivity index (χ1n) is 5.59. The number of hydrogen-bond acceptors (Lipinski definition) is 3. The molecule has 0 bridgehead atoms. The summed E-state index contributed by atoms with van der Waals surface area (Å²) in [6.07, 6.45) is 0. The minimum atomic E-state index is -0.626. The molecule has 0 unspecified atom stereocenters. The van der Waals surface area contributed by atoms with Crippen molar-refractivity contribution in [3.63, 3.8) is 0 Å². The number of nitrogens with one attached hydrogen (secondary N) is 1. The quantitative estimate of drug-likeness (QED) is 0.682. The minimum Gasteiger partial charge on any atom is -0.377 e. The molecule has 2 aromatic carbocycles. The van der Waals surface area contributed by atoms with Crippen LogP contribution < -0.4 is 5.32 Å². The van der Waals surface area contributed by atoms with Gasteiger partial charge in [0.05, 0.1) is 21.2 Å². The summed E-state index contributed by atoms with van der Waals surface area (Å²) in [4.78, 5) is 10.2. The van der Waals surface area contributed by atoms with E-state index in [9.17, 15) is 18.9 Å². The average Bonchev–Trinajstić information content (AvgIpc) is 2.37. The summed E-state index contributed by atoms with van der Waals surface area (Å²) in [5, 5.41) is 13.6. The zero-order valence-electron chi connectivity index (χ0n) is 10.1. The molecular weight excluding hydrogens is 290 g/mol. The maximum Gasteiger partial charge on any atom is 0.274 e. The van der Waals surface area contributed by atoms with E-state index in [1.54, 1.807) is 0 Å². The summed E-state index contributed by atoms with van der Waals surface area (Å²) in [7, 11) is 0. The van der Waals surface area contributed by atoms with Crippen LogP contribution in [0.15, 0.2) is 36.4 Å². The number of benzene rings is 2. The van der Waals surface area contributed by atoms with Crippen LogP contribution in [-0.4, -0.2) is 4.92 Å². The van der Waals surface area contributed by atoms with Crippen molar-refractivity contribution < 1.29 is 13.7 Å². The number of nitrogens with zero attached hydrogens (tertiary/aromatic N) is 1. The second kappa shape index (κ2) is 5.83. The van der Waals surface area contributed by atoms with Gasteiger partial charge in [-0.25, -0.2) is 8.78 Å². The first-order valence-corrected chi connectivity index (χ1v) is 5.97. The van der Waals surface area contributed by atoms with E-state index in [-0.39, 0.29) is 28.5 Å². The third-order valence-corrected chi connectivity index (χ3v) is 2.97. The molecule has 20 heavy (non-hydrogen) atoms. The van der Waals surface area contributed by atoms with Crippen molar-refractivity contribution in [1.82, 2.24) is 0 Å². The summed E-state index contributed by atoms with van der Waals surface area (Å²) in [6.45, 7) is -0.116. The van der Waals surface area contributed by atoms with Gasteiger partial charge in [-0.15, -0.1) is 0 Å². The molecule has 0 fully saturated rings. The summed E-state index contributed by atoms with van der Waals surface area (Å²) in [5.74, 6) is -1.19. The van der Waals surface area contributed by atoms with E-state index in [0.29, 0.717) is 0 Å². The number of anilines is 1. The zero-order valence-corrected chi connectivity index (χ0v) is 10.8. The molecule has 2 aromatic rings. The molecule has 0 amide bonds.